The molecule has 0 spiro atoms. The highest BCUT2D eigenvalue weighted by atomic mass is 35.5. The Labute approximate surface area is 188 Å². The smallest absolute Gasteiger partial charge is 0.366 e. The minimum absolute atomic E-state index is 0.0473. The van der Waals surface area contributed by atoms with Crippen LogP contribution in [0.25, 0.3) is 0 Å². The van der Waals surface area contributed by atoms with Gasteiger partial charge in [-0.05, 0) is 31.0 Å². The molecule has 0 atom stereocenters. The minimum atomic E-state index is -4.50. The number of para-hydroxylation sites is 1. The summed E-state index contributed by atoms with van der Waals surface area (Å²) in [5.74, 6) is -0.0388. The third-order valence-electron chi connectivity index (χ3n) is 6.08. The molecule has 0 saturated carbocycles. The molecule has 172 valence electrons. The monoisotopic (exact) mass is 470 g/mol. The number of piperazine rings is 1. The van der Waals surface area contributed by atoms with Crippen LogP contribution in [0.1, 0.15) is 18.4 Å². The van der Waals surface area contributed by atoms with E-state index in [-0.39, 0.29) is 22.7 Å². The molecule has 32 heavy (non-hydrogen) atoms. The number of alkyl halides is 3. The number of pyridine rings is 1. The molecular formula is C22H23ClF4N4O. The molecule has 2 fully saturated rings. The molecule has 5 nitrogen and oxygen atoms in total. The molecule has 0 unspecified atom stereocenters. The number of benzene rings is 1. The van der Waals surface area contributed by atoms with Crippen LogP contribution in [0, 0.1) is 11.7 Å². The first-order valence-corrected chi connectivity index (χ1v) is 10.9. The van der Waals surface area contributed by atoms with Crippen LogP contribution in [-0.2, 0) is 11.0 Å². The topological polar surface area (TPSA) is 39.7 Å². The van der Waals surface area contributed by atoms with Crippen LogP contribution in [0.5, 0.6) is 0 Å². The fraction of sp³-hybridized carbons (Fsp3) is 0.455. The van der Waals surface area contributed by atoms with Crippen molar-refractivity contribution in [2.45, 2.75) is 19.0 Å². The lowest BCUT2D eigenvalue weighted by Crippen LogP contribution is -2.52. The van der Waals surface area contributed by atoms with E-state index < -0.39 is 11.7 Å². The molecule has 0 radical (unpaired) electrons. The van der Waals surface area contributed by atoms with Gasteiger partial charge in [-0.3, -0.25) is 4.79 Å². The lowest BCUT2D eigenvalue weighted by molar-refractivity contribution is -0.138. The van der Waals surface area contributed by atoms with Crippen LogP contribution in [0.4, 0.5) is 29.1 Å². The molecule has 1 aromatic carbocycles. The number of hydrogen-bond acceptors (Lipinski definition) is 4. The maximum Gasteiger partial charge on any atom is 0.417 e. The van der Waals surface area contributed by atoms with E-state index >= 15 is 0 Å². The van der Waals surface area contributed by atoms with Gasteiger partial charge in [0, 0.05) is 51.4 Å². The summed E-state index contributed by atoms with van der Waals surface area (Å²) in [6.45, 7) is 3.17. The summed E-state index contributed by atoms with van der Waals surface area (Å²) in [5.41, 5.74) is -0.334. The maximum atomic E-state index is 14.0. The molecular weight excluding hydrogens is 448 g/mol. The maximum absolute atomic E-state index is 14.0. The summed E-state index contributed by atoms with van der Waals surface area (Å²) in [7, 11) is 0. The standard InChI is InChI=1S/C22H23ClF4N4O/c23-17-13-16(22(25,26)27)14-28-20(17)30-7-5-15(6-8-30)21(32)31-11-9-29(10-12-31)19-4-2-1-3-18(19)24/h1-4,13-15H,5-12H2. The van der Waals surface area contributed by atoms with E-state index in [0.29, 0.717) is 63.6 Å². The largest absolute Gasteiger partial charge is 0.417 e. The van der Waals surface area contributed by atoms with Gasteiger partial charge in [0.15, 0.2) is 0 Å². The summed E-state index contributed by atoms with van der Waals surface area (Å²) in [6, 6.07) is 7.50. The highest BCUT2D eigenvalue weighted by Gasteiger charge is 2.34. The molecule has 0 bridgehead atoms. The average molecular weight is 471 g/mol. The van der Waals surface area contributed by atoms with Crippen molar-refractivity contribution in [3.05, 3.63) is 52.9 Å². The van der Waals surface area contributed by atoms with Crippen LogP contribution in [0.15, 0.2) is 36.5 Å². The van der Waals surface area contributed by atoms with E-state index in [1.807, 2.05) is 14.7 Å². The fourth-order valence-corrected chi connectivity index (χ4v) is 4.58. The quantitative estimate of drug-likeness (QED) is 0.621. The van der Waals surface area contributed by atoms with Gasteiger partial charge in [-0.25, -0.2) is 9.37 Å². The van der Waals surface area contributed by atoms with E-state index in [1.165, 1.54) is 6.07 Å². The van der Waals surface area contributed by atoms with Crippen LogP contribution in [0.2, 0.25) is 5.02 Å². The summed E-state index contributed by atoms with van der Waals surface area (Å²) in [4.78, 5) is 22.5. The fourth-order valence-electron chi connectivity index (χ4n) is 4.29. The molecule has 3 heterocycles. The number of aromatic nitrogens is 1. The first-order chi connectivity index (χ1) is 15.2. The molecule has 2 aliphatic rings. The molecule has 1 amide bonds. The zero-order valence-corrected chi connectivity index (χ0v) is 18.0. The molecule has 2 aliphatic heterocycles. The second kappa shape index (κ2) is 9.13. The number of rotatable bonds is 3. The van der Waals surface area contributed by atoms with Gasteiger partial charge in [0.1, 0.15) is 11.6 Å². The van der Waals surface area contributed by atoms with E-state index in [9.17, 15) is 22.4 Å². The highest BCUT2D eigenvalue weighted by molar-refractivity contribution is 6.33. The number of halogens is 5. The normalized spacial score (nSPS) is 18.2. The van der Waals surface area contributed by atoms with Crippen molar-refractivity contribution in [1.29, 1.82) is 0 Å². The molecule has 0 N–H and O–H groups in total. The van der Waals surface area contributed by atoms with Crippen molar-refractivity contribution >= 4 is 29.0 Å². The number of carbonyl (C=O) groups excluding carboxylic acids is 1. The number of anilines is 2. The Morgan fingerprint density at radius 3 is 2.25 bits per heavy atom. The van der Waals surface area contributed by atoms with Crippen LogP contribution < -0.4 is 9.80 Å². The predicted octanol–water partition coefficient (Wildman–Crippen LogP) is 4.46. The van der Waals surface area contributed by atoms with Gasteiger partial charge in [-0.1, -0.05) is 23.7 Å². The van der Waals surface area contributed by atoms with Crippen molar-refractivity contribution in [1.82, 2.24) is 9.88 Å². The van der Waals surface area contributed by atoms with Gasteiger partial charge in [-0.15, -0.1) is 0 Å². The molecule has 1 aromatic heterocycles. The zero-order valence-electron chi connectivity index (χ0n) is 17.3. The summed E-state index contributed by atoms with van der Waals surface area (Å²) in [5, 5.41) is -0.0473. The van der Waals surface area contributed by atoms with Crippen molar-refractivity contribution in [2.75, 3.05) is 49.1 Å². The first kappa shape index (κ1) is 22.6. The van der Waals surface area contributed by atoms with E-state index in [1.54, 1.807) is 18.2 Å². The number of hydrogen-bond donors (Lipinski definition) is 0. The Balaban J connectivity index is 1.31. The molecule has 2 aromatic rings. The minimum Gasteiger partial charge on any atom is -0.366 e. The van der Waals surface area contributed by atoms with E-state index in [4.69, 9.17) is 11.6 Å². The van der Waals surface area contributed by atoms with Crippen LogP contribution in [0.3, 0.4) is 0 Å². The highest BCUT2D eigenvalue weighted by Crippen LogP contribution is 2.35. The van der Waals surface area contributed by atoms with Gasteiger partial charge in [-0.2, -0.15) is 13.2 Å². The predicted molar refractivity (Wildman–Crippen MR) is 114 cm³/mol. The Hall–Kier alpha value is -2.55. The van der Waals surface area contributed by atoms with Gasteiger partial charge < -0.3 is 14.7 Å². The first-order valence-electron chi connectivity index (χ1n) is 10.5. The summed E-state index contributed by atoms with van der Waals surface area (Å²) >= 11 is 6.05. The summed E-state index contributed by atoms with van der Waals surface area (Å²) < 4.78 is 52.5. The van der Waals surface area contributed by atoms with Crippen molar-refractivity contribution in [3.8, 4) is 0 Å². The lowest BCUT2D eigenvalue weighted by Gasteiger charge is -2.39. The van der Waals surface area contributed by atoms with Gasteiger partial charge >= 0.3 is 6.18 Å². The van der Waals surface area contributed by atoms with Crippen LogP contribution >= 0.6 is 11.6 Å². The lowest BCUT2D eigenvalue weighted by atomic mass is 9.95. The second-order valence-corrected chi connectivity index (χ2v) is 8.46. The Morgan fingerprint density at radius 2 is 1.66 bits per heavy atom. The molecule has 2 saturated heterocycles. The Bertz CT molecular complexity index is 971. The van der Waals surface area contributed by atoms with E-state index in [2.05, 4.69) is 4.98 Å². The van der Waals surface area contributed by atoms with Crippen molar-refractivity contribution in [3.63, 3.8) is 0 Å². The number of piperidine rings is 1. The molecule has 0 aliphatic carbocycles. The molecule has 4 rings (SSSR count). The Kier molecular flexibility index (Phi) is 6.46. The second-order valence-electron chi connectivity index (χ2n) is 8.05. The van der Waals surface area contributed by atoms with E-state index in [0.717, 1.165) is 12.3 Å². The van der Waals surface area contributed by atoms with Crippen molar-refractivity contribution in [2.24, 2.45) is 5.92 Å². The number of carbonyl (C=O) groups is 1. The zero-order chi connectivity index (χ0) is 22.9. The third-order valence-corrected chi connectivity index (χ3v) is 6.36. The van der Waals surface area contributed by atoms with Crippen LogP contribution in [-0.4, -0.2) is 55.1 Å². The number of amides is 1. The molecule has 10 heteroatoms. The van der Waals surface area contributed by atoms with Crippen molar-refractivity contribution < 1.29 is 22.4 Å². The average Bonchev–Trinajstić information content (AvgIpc) is 2.79. The van der Waals surface area contributed by atoms with Gasteiger partial charge in [0.25, 0.3) is 0 Å². The Morgan fingerprint density at radius 1 is 1.00 bits per heavy atom. The van der Waals surface area contributed by atoms with Gasteiger partial charge in [0.2, 0.25) is 5.91 Å². The third kappa shape index (κ3) is 4.77. The number of nitrogens with zero attached hydrogens (tertiary/aromatic N) is 4. The van der Waals surface area contributed by atoms with Gasteiger partial charge in [0.05, 0.1) is 16.3 Å². The summed E-state index contributed by atoms with van der Waals surface area (Å²) in [6.07, 6.45) is -2.56. The SMILES string of the molecule is O=C(C1CCN(c2ncc(C(F)(F)F)cc2Cl)CC1)N1CCN(c2ccccc2F)CC1.